The number of nitrogens with zero attached hydrogens (tertiary/aromatic N) is 4. The first-order valence-corrected chi connectivity index (χ1v) is 9.50. The summed E-state index contributed by atoms with van der Waals surface area (Å²) in [6, 6.07) is 0.556. The van der Waals surface area contributed by atoms with Crippen LogP contribution >= 0.6 is 0 Å². The highest BCUT2D eigenvalue weighted by Gasteiger charge is 2.19. The zero-order chi connectivity index (χ0) is 17.4. The molecule has 0 atom stereocenters. The van der Waals surface area contributed by atoms with Gasteiger partial charge in [0.05, 0.1) is 0 Å². The molecule has 1 aliphatic carbocycles. The van der Waals surface area contributed by atoms with E-state index in [-0.39, 0.29) is 0 Å². The number of guanidine groups is 1. The molecule has 2 N–H and O–H groups in total. The highest BCUT2D eigenvalue weighted by atomic mass is 15.3. The van der Waals surface area contributed by atoms with Crippen LogP contribution in [0.3, 0.4) is 0 Å². The fourth-order valence-corrected chi connectivity index (χ4v) is 3.06. The van der Waals surface area contributed by atoms with Crippen LogP contribution < -0.4 is 10.6 Å². The van der Waals surface area contributed by atoms with Crippen LogP contribution in [0.15, 0.2) is 11.3 Å². The maximum absolute atomic E-state index is 4.75. The Balaban J connectivity index is 1.85. The lowest BCUT2D eigenvalue weighted by Crippen LogP contribution is -2.45. The SMILES string of the molecule is CCc1nncn1CCNC(=NCC(C)C)NC1CCC(C)CC1. The van der Waals surface area contributed by atoms with Gasteiger partial charge in [-0.2, -0.15) is 0 Å². The van der Waals surface area contributed by atoms with Gasteiger partial charge in [0.2, 0.25) is 0 Å². The van der Waals surface area contributed by atoms with Crippen molar-refractivity contribution >= 4 is 5.96 Å². The van der Waals surface area contributed by atoms with Crippen molar-refractivity contribution in [3.63, 3.8) is 0 Å². The van der Waals surface area contributed by atoms with Gasteiger partial charge in [0.15, 0.2) is 5.96 Å². The summed E-state index contributed by atoms with van der Waals surface area (Å²) in [4.78, 5) is 4.75. The lowest BCUT2D eigenvalue weighted by atomic mass is 9.87. The third kappa shape index (κ3) is 6.13. The van der Waals surface area contributed by atoms with Gasteiger partial charge >= 0.3 is 0 Å². The number of hydrogen-bond donors (Lipinski definition) is 2. The maximum atomic E-state index is 4.75. The highest BCUT2D eigenvalue weighted by Crippen LogP contribution is 2.23. The van der Waals surface area contributed by atoms with E-state index in [1.807, 2.05) is 0 Å². The van der Waals surface area contributed by atoms with Crippen LogP contribution in [0, 0.1) is 11.8 Å². The average molecular weight is 335 g/mol. The van der Waals surface area contributed by atoms with Crippen molar-refractivity contribution in [2.75, 3.05) is 13.1 Å². The highest BCUT2D eigenvalue weighted by molar-refractivity contribution is 5.80. The van der Waals surface area contributed by atoms with Crippen molar-refractivity contribution in [1.82, 2.24) is 25.4 Å². The van der Waals surface area contributed by atoms with Crippen LogP contribution in [-0.2, 0) is 13.0 Å². The lowest BCUT2D eigenvalue weighted by molar-refractivity contribution is 0.329. The van der Waals surface area contributed by atoms with E-state index >= 15 is 0 Å². The van der Waals surface area contributed by atoms with Gasteiger partial charge in [0.1, 0.15) is 12.2 Å². The second kappa shape index (κ2) is 9.64. The second-order valence-electron chi connectivity index (χ2n) is 7.41. The standard InChI is InChI=1S/C18H34N6/c1-5-17-23-21-13-24(17)11-10-19-18(20-12-14(2)3)22-16-8-6-15(4)7-9-16/h13-16H,5-12H2,1-4H3,(H2,19,20,22). The summed E-state index contributed by atoms with van der Waals surface area (Å²) in [5, 5.41) is 15.2. The Hall–Kier alpha value is -1.59. The Kier molecular flexibility index (Phi) is 7.53. The Bertz CT molecular complexity index is 499. The largest absolute Gasteiger partial charge is 0.355 e. The van der Waals surface area contributed by atoms with Crippen molar-refractivity contribution in [3.8, 4) is 0 Å². The molecule has 6 heteroatoms. The maximum Gasteiger partial charge on any atom is 0.191 e. The summed E-state index contributed by atoms with van der Waals surface area (Å²) in [6.45, 7) is 11.4. The molecule has 1 aromatic rings. The molecule has 0 aromatic carbocycles. The normalized spacial score (nSPS) is 22.0. The van der Waals surface area contributed by atoms with Crippen molar-refractivity contribution in [1.29, 1.82) is 0 Å². The Morgan fingerprint density at radius 1 is 1.33 bits per heavy atom. The third-order valence-corrected chi connectivity index (χ3v) is 4.63. The fraction of sp³-hybridized carbons (Fsp3) is 0.833. The van der Waals surface area contributed by atoms with Crippen LogP contribution in [0.2, 0.25) is 0 Å². The number of aromatic nitrogens is 3. The molecule has 1 aromatic heterocycles. The summed E-state index contributed by atoms with van der Waals surface area (Å²) in [5.41, 5.74) is 0. The molecule has 1 fully saturated rings. The molecule has 136 valence electrons. The van der Waals surface area contributed by atoms with Crippen molar-refractivity contribution in [3.05, 3.63) is 12.2 Å². The minimum Gasteiger partial charge on any atom is -0.355 e. The minimum absolute atomic E-state index is 0.556. The molecule has 2 rings (SSSR count). The topological polar surface area (TPSA) is 67.1 Å². The predicted octanol–water partition coefficient (Wildman–Crippen LogP) is 2.61. The summed E-state index contributed by atoms with van der Waals surface area (Å²) < 4.78 is 2.11. The Labute approximate surface area is 146 Å². The Morgan fingerprint density at radius 2 is 2.08 bits per heavy atom. The van der Waals surface area contributed by atoms with Crippen molar-refractivity contribution < 1.29 is 0 Å². The smallest absolute Gasteiger partial charge is 0.191 e. The molecule has 0 radical (unpaired) electrons. The van der Waals surface area contributed by atoms with E-state index in [4.69, 9.17) is 4.99 Å². The molecule has 24 heavy (non-hydrogen) atoms. The predicted molar refractivity (Wildman–Crippen MR) is 99.1 cm³/mol. The fourth-order valence-electron chi connectivity index (χ4n) is 3.06. The van der Waals surface area contributed by atoms with E-state index in [1.165, 1.54) is 25.7 Å². The van der Waals surface area contributed by atoms with Gasteiger partial charge in [-0.1, -0.05) is 27.7 Å². The molecule has 6 nitrogen and oxygen atoms in total. The Morgan fingerprint density at radius 3 is 2.75 bits per heavy atom. The van der Waals surface area contributed by atoms with Gasteiger partial charge in [0, 0.05) is 32.1 Å². The molecule has 1 heterocycles. The van der Waals surface area contributed by atoms with Crippen LogP contribution in [-0.4, -0.2) is 39.9 Å². The van der Waals surface area contributed by atoms with Crippen LogP contribution in [0.25, 0.3) is 0 Å². The van der Waals surface area contributed by atoms with Gasteiger partial charge in [-0.3, -0.25) is 4.99 Å². The summed E-state index contributed by atoms with van der Waals surface area (Å²) in [7, 11) is 0. The van der Waals surface area contributed by atoms with Crippen LogP contribution in [0.5, 0.6) is 0 Å². The van der Waals surface area contributed by atoms with E-state index in [2.05, 4.69) is 53.1 Å². The van der Waals surface area contributed by atoms with E-state index in [0.29, 0.717) is 12.0 Å². The number of nitrogens with one attached hydrogen (secondary N) is 2. The first kappa shape index (κ1) is 18.7. The molecule has 0 bridgehead atoms. The number of aryl methyl sites for hydroxylation is 1. The van der Waals surface area contributed by atoms with Crippen LogP contribution in [0.1, 0.15) is 59.2 Å². The molecule has 1 aliphatic rings. The lowest BCUT2D eigenvalue weighted by Gasteiger charge is -2.28. The van der Waals surface area contributed by atoms with Crippen LogP contribution in [0.4, 0.5) is 0 Å². The first-order valence-electron chi connectivity index (χ1n) is 9.50. The first-order chi connectivity index (χ1) is 11.6. The molecule has 1 saturated carbocycles. The number of aliphatic imine (C=N–C) groups is 1. The third-order valence-electron chi connectivity index (χ3n) is 4.63. The van der Waals surface area contributed by atoms with E-state index in [0.717, 1.165) is 43.8 Å². The van der Waals surface area contributed by atoms with Crippen molar-refractivity contribution in [2.45, 2.75) is 72.4 Å². The van der Waals surface area contributed by atoms with Crippen molar-refractivity contribution in [2.24, 2.45) is 16.8 Å². The number of rotatable bonds is 7. The summed E-state index contributed by atoms with van der Waals surface area (Å²) in [5.74, 6) is 3.42. The van der Waals surface area contributed by atoms with Gasteiger partial charge in [-0.25, -0.2) is 0 Å². The number of hydrogen-bond acceptors (Lipinski definition) is 3. The van der Waals surface area contributed by atoms with Gasteiger partial charge in [-0.15, -0.1) is 10.2 Å². The molecular weight excluding hydrogens is 300 g/mol. The zero-order valence-corrected chi connectivity index (χ0v) is 15.8. The molecule has 0 aliphatic heterocycles. The second-order valence-corrected chi connectivity index (χ2v) is 7.41. The summed E-state index contributed by atoms with van der Waals surface area (Å²) >= 11 is 0. The van der Waals surface area contributed by atoms with E-state index in [9.17, 15) is 0 Å². The minimum atomic E-state index is 0.556. The molecule has 0 saturated heterocycles. The molecule has 0 amide bonds. The monoisotopic (exact) mass is 334 g/mol. The van der Waals surface area contributed by atoms with Gasteiger partial charge < -0.3 is 15.2 Å². The molecular formula is C18H34N6. The van der Waals surface area contributed by atoms with E-state index in [1.54, 1.807) is 6.33 Å². The van der Waals surface area contributed by atoms with E-state index < -0.39 is 0 Å². The molecule has 0 spiro atoms. The van der Waals surface area contributed by atoms with Gasteiger partial charge in [-0.05, 0) is 37.5 Å². The van der Waals surface area contributed by atoms with Gasteiger partial charge in [0.25, 0.3) is 0 Å². The average Bonchev–Trinajstić information content (AvgIpc) is 3.02. The zero-order valence-electron chi connectivity index (χ0n) is 15.8. The quantitative estimate of drug-likeness (QED) is 0.594. The summed E-state index contributed by atoms with van der Waals surface area (Å²) in [6.07, 6.45) is 7.84. The molecule has 0 unspecified atom stereocenters.